The summed E-state index contributed by atoms with van der Waals surface area (Å²) in [5.41, 5.74) is 4.63. The SMILES string of the molecule is Cc1nn(CCC(=O)Nc2c(C)nn(Cc3ccccc3F)c2C)c(C)c1Br. The van der Waals surface area contributed by atoms with E-state index in [1.165, 1.54) is 6.07 Å². The average molecular weight is 448 g/mol. The number of hydrogen-bond donors (Lipinski definition) is 1. The summed E-state index contributed by atoms with van der Waals surface area (Å²) in [5.74, 6) is -0.378. The number of nitrogens with zero attached hydrogens (tertiary/aromatic N) is 4. The molecule has 0 saturated heterocycles. The molecule has 1 amide bonds. The quantitative estimate of drug-likeness (QED) is 0.612. The molecule has 3 rings (SSSR count). The number of aryl methyl sites for hydroxylation is 3. The van der Waals surface area contributed by atoms with Crippen molar-refractivity contribution in [2.45, 2.75) is 47.2 Å². The summed E-state index contributed by atoms with van der Waals surface area (Å²) in [6, 6.07) is 6.62. The van der Waals surface area contributed by atoms with Gasteiger partial charge in [0.2, 0.25) is 5.91 Å². The van der Waals surface area contributed by atoms with Gasteiger partial charge in [0.25, 0.3) is 0 Å². The molecular weight excluding hydrogens is 425 g/mol. The number of nitrogens with one attached hydrogen (secondary N) is 1. The molecule has 8 heteroatoms. The van der Waals surface area contributed by atoms with Gasteiger partial charge in [0.15, 0.2) is 0 Å². The van der Waals surface area contributed by atoms with E-state index in [1.807, 2.05) is 32.4 Å². The molecule has 0 saturated carbocycles. The van der Waals surface area contributed by atoms with Crippen LogP contribution in [-0.2, 0) is 17.9 Å². The molecule has 0 aliphatic heterocycles. The minimum Gasteiger partial charge on any atom is -0.323 e. The van der Waals surface area contributed by atoms with Crippen LogP contribution in [0.15, 0.2) is 28.7 Å². The van der Waals surface area contributed by atoms with Gasteiger partial charge in [0.1, 0.15) is 5.82 Å². The minimum absolute atomic E-state index is 0.111. The number of rotatable bonds is 6. The predicted molar refractivity (Wildman–Crippen MR) is 110 cm³/mol. The zero-order valence-corrected chi connectivity index (χ0v) is 18.0. The summed E-state index contributed by atoms with van der Waals surface area (Å²) in [6.07, 6.45) is 0.297. The van der Waals surface area contributed by atoms with Crippen LogP contribution in [0.3, 0.4) is 0 Å². The molecule has 2 heterocycles. The van der Waals surface area contributed by atoms with Crippen molar-refractivity contribution in [1.82, 2.24) is 19.6 Å². The van der Waals surface area contributed by atoms with Crippen LogP contribution in [0.2, 0.25) is 0 Å². The molecule has 0 bridgehead atoms. The van der Waals surface area contributed by atoms with Gasteiger partial charge in [-0.15, -0.1) is 0 Å². The second kappa shape index (κ2) is 8.26. The lowest BCUT2D eigenvalue weighted by Crippen LogP contribution is -2.16. The zero-order valence-electron chi connectivity index (χ0n) is 16.4. The fraction of sp³-hybridized carbons (Fsp3) is 0.350. The fourth-order valence-corrected chi connectivity index (χ4v) is 3.41. The third-order valence-corrected chi connectivity index (χ3v) is 5.92. The maximum Gasteiger partial charge on any atom is 0.226 e. The van der Waals surface area contributed by atoms with Crippen LogP contribution in [0, 0.1) is 33.5 Å². The molecule has 2 aromatic heterocycles. The number of amides is 1. The number of benzene rings is 1. The van der Waals surface area contributed by atoms with Crippen LogP contribution in [-0.4, -0.2) is 25.5 Å². The molecule has 0 aliphatic carbocycles. The number of anilines is 1. The lowest BCUT2D eigenvalue weighted by molar-refractivity contribution is -0.116. The first kappa shape index (κ1) is 20.3. The van der Waals surface area contributed by atoms with Gasteiger partial charge in [-0.1, -0.05) is 18.2 Å². The van der Waals surface area contributed by atoms with Gasteiger partial charge in [-0.2, -0.15) is 10.2 Å². The van der Waals surface area contributed by atoms with Crippen molar-refractivity contribution in [3.63, 3.8) is 0 Å². The fourth-order valence-electron chi connectivity index (χ4n) is 3.12. The van der Waals surface area contributed by atoms with E-state index in [9.17, 15) is 9.18 Å². The molecule has 28 heavy (non-hydrogen) atoms. The number of hydrogen-bond acceptors (Lipinski definition) is 3. The van der Waals surface area contributed by atoms with Crippen LogP contribution in [0.5, 0.6) is 0 Å². The molecule has 0 aliphatic rings. The van der Waals surface area contributed by atoms with E-state index in [0.29, 0.717) is 36.5 Å². The second-order valence-electron chi connectivity index (χ2n) is 6.80. The van der Waals surface area contributed by atoms with E-state index in [0.717, 1.165) is 21.6 Å². The smallest absolute Gasteiger partial charge is 0.226 e. The molecule has 6 nitrogen and oxygen atoms in total. The Morgan fingerprint density at radius 3 is 2.39 bits per heavy atom. The summed E-state index contributed by atoms with van der Waals surface area (Å²) in [4.78, 5) is 12.5. The van der Waals surface area contributed by atoms with Gasteiger partial charge >= 0.3 is 0 Å². The van der Waals surface area contributed by atoms with E-state index in [1.54, 1.807) is 22.9 Å². The highest BCUT2D eigenvalue weighted by molar-refractivity contribution is 9.10. The summed E-state index contributed by atoms with van der Waals surface area (Å²) < 4.78 is 18.4. The molecule has 0 radical (unpaired) electrons. The number of carbonyl (C=O) groups is 1. The molecule has 0 spiro atoms. The second-order valence-corrected chi connectivity index (χ2v) is 7.59. The first-order valence-corrected chi connectivity index (χ1v) is 9.84. The molecule has 1 aromatic carbocycles. The van der Waals surface area contributed by atoms with Crippen LogP contribution in [0.1, 0.15) is 34.8 Å². The van der Waals surface area contributed by atoms with Gasteiger partial charge < -0.3 is 5.32 Å². The van der Waals surface area contributed by atoms with Crippen LogP contribution < -0.4 is 5.32 Å². The first-order valence-electron chi connectivity index (χ1n) is 9.04. The van der Waals surface area contributed by atoms with Crippen LogP contribution >= 0.6 is 15.9 Å². The summed E-state index contributed by atoms with van der Waals surface area (Å²) in [5, 5.41) is 11.8. The normalized spacial score (nSPS) is 11.1. The molecule has 148 valence electrons. The Balaban J connectivity index is 1.68. The Labute approximate surface area is 171 Å². The Morgan fingerprint density at radius 1 is 1.07 bits per heavy atom. The molecule has 1 N–H and O–H groups in total. The third kappa shape index (κ3) is 4.16. The van der Waals surface area contributed by atoms with Crippen molar-refractivity contribution < 1.29 is 9.18 Å². The minimum atomic E-state index is -0.267. The van der Waals surface area contributed by atoms with E-state index in [2.05, 4.69) is 31.4 Å². The molecule has 0 atom stereocenters. The van der Waals surface area contributed by atoms with Gasteiger partial charge in [0.05, 0.1) is 40.3 Å². The molecule has 0 unspecified atom stereocenters. The van der Waals surface area contributed by atoms with E-state index < -0.39 is 0 Å². The number of halogens is 2. The number of aromatic nitrogens is 4. The summed E-state index contributed by atoms with van der Waals surface area (Å²) in [7, 11) is 0. The molecule has 3 aromatic rings. The Hall–Kier alpha value is -2.48. The molecular formula is C20H23BrFN5O. The van der Waals surface area contributed by atoms with Crippen molar-refractivity contribution in [2.24, 2.45) is 0 Å². The van der Waals surface area contributed by atoms with Crippen molar-refractivity contribution in [3.8, 4) is 0 Å². The standard InChI is InChI=1S/C20H23BrFN5O/c1-12-19(21)14(3)26(24-12)10-9-18(28)23-20-13(2)25-27(15(20)4)11-16-7-5-6-8-17(16)22/h5-8H,9-11H2,1-4H3,(H,23,28). The molecule has 0 fully saturated rings. The van der Waals surface area contributed by atoms with E-state index >= 15 is 0 Å². The average Bonchev–Trinajstić information content (AvgIpc) is 3.06. The van der Waals surface area contributed by atoms with Gasteiger partial charge in [0, 0.05) is 17.7 Å². The van der Waals surface area contributed by atoms with Crippen LogP contribution in [0.4, 0.5) is 10.1 Å². The largest absolute Gasteiger partial charge is 0.323 e. The summed E-state index contributed by atoms with van der Waals surface area (Å²) in [6.45, 7) is 8.39. The van der Waals surface area contributed by atoms with Gasteiger partial charge in [-0.05, 0) is 49.7 Å². The summed E-state index contributed by atoms with van der Waals surface area (Å²) >= 11 is 3.49. The van der Waals surface area contributed by atoms with Crippen molar-refractivity contribution in [1.29, 1.82) is 0 Å². The highest BCUT2D eigenvalue weighted by Crippen LogP contribution is 2.22. The third-order valence-electron chi connectivity index (χ3n) is 4.77. The maximum atomic E-state index is 13.9. The van der Waals surface area contributed by atoms with Gasteiger partial charge in [-0.25, -0.2) is 4.39 Å². The van der Waals surface area contributed by atoms with E-state index in [4.69, 9.17) is 0 Å². The van der Waals surface area contributed by atoms with Gasteiger partial charge in [-0.3, -0.25) is 14.2 Å². The monoisotopic (exact) mass is 447 g/mol. The maximum absolute atomic E-state index is 13.9. The first-order chi connectivity index (χ1) is 13.3. The number of carbonyl (C=O) groups excluding carboxylic acids is 1. The van der Waals surface area contributed by atoms with E-state index in [-0.39, 0.29) is 11.7 Å². The Kier molecular flexibility index (Phi) is 5.98. The van der Waals surface area contributed by atoms with Crippen molar-refractivity contribution >= 4 is 27.5 Å². The lowest BCUT2D eigenvalue weighted by atomic mass is 10.2. The topological polar surface area (TPSA) is 64.7 Å². The van der Waals surface area contributed by atoms with Crippen LogP contribution in [0.25, 0.3) is 0 Å². The van der Waals surface area contributed by atoms with Crippen molar-refractivity contribution in [2.75, 3.05) is 5.32 Å². The lowest BCUT2D eigenvalue weighted by Gasteiger charge is -2.08. The zero-order chi connectivity index (χ0) is 20.4. The predicted octanol–water partition coefficient (Wildman–Crippen LogP) is 4.29. The highest BCUT2D eigenvalue weighted by Gasteiger charge is 2.16. The van der Waals surface area contributed by atoms with Crippen molar-refractivity contribution in [3.05, 3.63) is 62.9 Å². The Morgan fingerprint density at radius 2 is 1.75 bits per heavy atom. The highest BCUT2D eigenvalue weighted by atomic mass is 79.9. The Bertz CT molecular complexity index is 1020.